The minimum atomic E-state index is -0.393. The second kappa shape index (κ2) is 7.74. The molecular formula is C21H23N7O2. The van der Waals surface area contributed by atoms with Gasteiger partial charge in [-0.3, -0.25) is 9.38 Å². The summed E-state index contributed by atoms with van der Waals surface area (Å²) in [6, 6.07) is 5.72. The number of ether oxygens (including phenoxy) is 1. The lowest BCUT2D eigenvalue weighted by Gasteiger charge is -2.15. The van der Waals surface area contributed by atoms with Gasteiger partial charge in [0.15, 0.2) is 11.3 Å². The van der Waals surface area contributed by atoms with Crippen LogP contribution in [0.15, 0.2) is 43.0 Å². The van der Waals surface area contributed by atoms with Crippen LogP contribution in [-0.4, -0.2) is 41.7 Å². The van der Waals surface area contributed by atoms with Crippen molar-refractivity contribution in [3.63, 3.8) is 0 Å². The number of alkyl carbamates (subject to hydrolysis) is 1. The summed E-state index contributed by atoms with van der Waals surface area (Å²) < 4.78 is 7.80. The molecule has 1 aliphatic carbocycles. The maximum absolute atomic E-state index is 12.3. The smallest absolute Gasteiger partial charge is 0.407 e. The molecule has 30 heavy (non-hydrogen) atoms. The predicted octanol–water partition coefficient (Wildman–Crippen LogP) is 3.20. The fourth-order valence-corrected chi connectivity index (χ4v) is 4.44. The largest absolute Gasteiger partial charge is 0.446 e. The Kier molecular flexibility index (Phi) is 4.78. The number of nitrogens with one attached hydrogen (secondary N) is 2. The van der Waals surface area contributed by atoms with Gasteiger partial charge in [0.25, 0.3) is 0 Å². The summed E-state index contributed by atoms with van der Waals surface area (Å²) >= 11 is 0. The quantitative estimate of drug-likeness (QED) is 0.528. The highest BCUT2D eigenvalue weighted by Crippen LogP contribution is 2.42. The first-order valence-corrected chi connectivity index (χ1v) is 10.2. The molecule has 9 heteroatoms. The molecular weight excluding hydrogens is 382 g/mol. The Morgan fingerprint density at radius 2 is 2.13 bits per heavy atom. The van der Waals surface area contributed by atoms with E-state index in [2.05, 4.69) is 41.8 Å². The fourth-order valence-electron chi connectivity index (χ4n) is 4.44. The van der Waals surface area contributed by atoms with Crippen molar-refractivity contribution in [2.75, 3.05) is 0 Å². The molecule has 1 aliphatic rings. The van der Waals surface area contributed by atoms with Gasteiger partial charge in [-0.1, -0.05) is 13.3 Å². The maximum atomic E-state index is 12.3. The second-order valence-corrected chi connectivity index (χ2v) is 7.70. The summed E-state index contributed by atoms with van der Waals surface area (Å²) in [4.78, 5) is 23.8. The van der Waals surface area contributed by atoms with Crippen molar-refractivity contribution in [1.82, 2.24) is 34.9 Å². The summed E-state index contributed by atoms with van der Waals surface area (Å²) in [5.41, 5.74) is 3.47. The lowest BCUT2D eigenvalue weighted by atomic mass is 9.93. The van der Waals surface area contributed by atoms with Crippen molar-refractivity contribution in [1.29, 1.82) is 0 Å². The third-order valence-electron chi connectivity index (χ3n) is 5.93. The minimum Gasteiger partial charge on any atom is -0.446 e. The van der Waals surface area contributed by atoms with Crippen LogP contribution in [0.1, 0.15) is 43.5 Å². The van der Waals surface area contributed by atoms with Crippen LogP contribution >= 0.6 is 0 Å². The summed E-state index contributed by atoms with van der Waals surface area (Å²) in [6.45, 7) is 2.59. The first-order chi connectivity index (χ1) is 14.7. The number of aromatic amines is 1. The summed E-state index contributed by atoms with van der Waals surface area (Å²) in [5, 5.41) is 11.6. The lowest BCUT2D eigenvalue weighted by Crippen LogP contribution is -2.27. The molecule has 9 nitrogen and oxygen atoms in total. The van der Waals surface area contributed by atoms with Crippen molar-refractivity contribution >= 4 is 22.9 Å². The highest BCUT2D eigenvalue weighted by atomic mass is 16.6. The van der Waals surface area contributed by atoms with E-state index in [1.165, 1.54) is 0 Å². The first-order valence-electron chi connectivity index (χ1n) is 10.2. The molecule has 1 amide bonds. The molecule has 0 spiro atoms. The van der Waals surface area contributed by atoms with Crippen LogP contribution in [0.2, 0.25) is 0 Å². The zero-order valence-electron chi connectivity index (χ0n) is 16.7. The number of fused-ring (bicyclic) bond motifs is 3. The number of hydrogen-bond donors (Lipinski definition) is 2. The Labute approximate surface area is 172 Å². The monoisotopic (exact) mass is 405 g/mol. The van der Waals surface area contributed by atoms with E-state index in [-0.39, 0.29) is 12.0 Å². The SMILES string of the molecule is CC[C@@H]1C[C@H](OC(=O)NCc2ccncc2)C[C@@H]1c1nnc2cnc3[nH]ccc3n12. The van der Waals surface area contributed by atoms with Crippen LogP contribution < -0.4 is 5.32 Å². The average molecular weight is 405 g/mol. The van der Waals surface area contributed by atoms with E-state index in [0.717, 1.165) is 47.5 Å². The highest BCUT2D eigenvalue weighted by Gasteiger charge is 2.39. The minimum absolute atomic E-state index is 0.145. The molecule has 0 radical (unpaired) electrons. The number of rotatable bonds is 5. The van der Waals surface area contributed by atoms with Gasteiger partial charge in [-0.15, -0.1) is 10.2 Å². The number of carbonyl (C=O) groups excluding carboxylic acids is 1. The molecule has 154 valence electrons. The number of carbonyl (C=O) groups is 1. The number of nitrogens with zero attached hydrogens (tertiary/aromatic N) is 5. The van der Waals surface area contributed by atoms with Crippen LogP contribution in [0.3, 0.4) is 0 Å². The zero-order valence-corrected chi connectivity index (χ0v) is 16.7. The standard InChI is InChI=1S/C21H23N7O2/c1-2-14-9-15(30-21(29)25-11-13-3-6-22-7-4-13)10-16(14)20-27-26-18-12-24-19-17(28(18)20)5-8-23-19/h3-8,12,14-16,23H,2,9-11H2,1H3,(H,25,29)/t14-,15+,16+/m1/s1. The van der Waals surface area contributed by atoms with Crippen LogP contribution in [0.25, 0.3) is 16.8 Å². The van der Waals surface area contributed by atoms with Crippen LogP contribution in [0.5, 0.6) is 0 Å². The molecule has 4 aromatic heterocycles. The van der Waals surface area contributed by atoms with Gasteiger partial charge in [0.1, 0.15) is 11.9 Å². The van der Waals surface area contributed by atoms with E-state index >= 15 is 0 Å². The molecule has 5 rings (SSSR count). The first kappa shape index (κ1) is 18.5. The molecule has 4 aromatic rings. The average Bonchev–Trinajstić information content (AvgIpc) is 3.49. The van der Waals surface area contributed by atoms with Crippen molar-refractivity contribution in [3.8, 4) is 0 Å². The Hall–Kier alpha value is -3.49. The number of aromatic nitrogens is 6. The summed E-state index contributed by atoms with van der Waals surface area (Å²) in [5.74, 6) is 1.45. The van der Waals surface area contributed by atoms with Crippen molar-refractivity contribution in [3.05, 3.63) is 54.4 Å². The summed E-state index contributed by atoms with van der Waals surface area (Å²) in [7, 11) is 0. The number of H-pyrrole nitrogens is 1. The van der Waals surface area contributed by atoms with Crippen molar-refractivity contribution in [2.24, 2.45) is 5.92 Å². The summed E-state index contributed by atoms with van der Waals surface area (Å²) in [6.07, 6.45) is 9.00. The Morgan fingerprint density at radius 1 is 1.27 bits per heavy atom. The van der Waals surface area contributed by atoms with E-state index in [1.807, 2.05) is 24.4 Å². The second-order valence-electron chi connectivity index (χ2n) is 7.70. The van der Waals surface area contributed by atoms with Gasteiger partial charge >= 0.3 is 6.09 Å². The van der Waals surface area contributed by atoms with Crippen molar-refractivity contribution in [2.45, 2.75) is 44.8 Å². The maximum Gasteiger partial charge on any atom is 0.407 e. The number of pyridine rings is 1. The Bertz CT molecular complexity index is 1170. The molecule has 1 saturated carbocycles. The zero-order chi connectivity index (χ0) is 20.5. The normalized spacial score (nSPS) is 21.3. The van der Waals surface area contributed by atoms with E-state index in [0.29, 0.717) is 12.5 Å². The van der Waals surface area contributed by atoms with Crippen LogP contribution in [0, 0.1) is 5.92 Å². The highest BCUT2D eigenvalue weighted by molar-refractivity contribution is 5.74. The van der Waals surface area contributed by atoms with Gasteiger partial charge in [-0.25, -0.2) is 9.78 Å². The number of amides is 1. The molecule has 1 fully saturated rings. The Balaban J connectivity index is 1.32. The van der Waals surface area contributed by atoms with Gasteiger partial charge in [0, 0.05) is 31.1 Å². The molecule has 2 N–H and O–H groups in total. The molecule has 0 aromatic carbocycles. The van der Waals surface area contributed by atoms with Gasteiger partial charge in [0.2, 0.25) is 0 Å². The van der Waals surface area contributed by atoms with Crippen LogP contribution in [0.4, 0.5) is 4.79 Å². The molecule has 4 heterocycles. The molecule has 0 bridgehead atoms. The van der Waals surface area contributed by atoms with Gasteiger partial charge in [0.05, 0.1) is 11.7 Å². The molecule has 3 atom stereocenters. The third kappa shape index (κ3) is 3.36. The number of hydrogen-bond acceptors (Lipinski definition) is 6. The molecule has 0 unspecified atom stereocenters. The third-order valence-corrected chi connectivity index (χ3v) is 5.93. The van der Waals surface area contributed by atoms with E-state index in [1.54, 1.807) is 18.6 Å². The molecule has 0 saturated heterocycles. The predicted molar refractivity (Wildman–Crippen MR) is 110 cm³/mol. The fraction of sp³-hybridized carbons (Fsp3) is 0.381. The van der Waals surface area contributed by atoms with E-state index < -0.39 is 6.09 Å². The Morgan fingerprint density at radius 3 is 2.97 bits per heavy atom. The van der Waals surface area contributed by atoms with Gasteiger partial charge in [-0.2, -0.15) is 0 Å². The topological polar surface area (TPSA) is 110 Å². The van der Waals surface area contributed by atoms with E-state index in [4.69, 9.17) is 4.74 Å². The van der Waals surface area contributed by atoms with Crippen molar-refractivity contribution < 1.29 is 9.53 Å². The van der Waals surface area contributed by atoms with Gasteiger partial charge < -0.3 is 15.0 Å². The lowest BCUT2D eigenvalue weighted by molar-refractivity contribution is 0.0977. The van der Waals surface area contributed by atoms with Crippen LogP contribution in [-0.2, 0) is 11.3 Å². The molecule has 0 aliphatic heterocycles. The van der Waals surface area contributed by atoms with Gasteiger partial charge in [-0.05, 0) is 42.5 Å². The van der Waals surface area contributed by atoms with E-state index in [9.17, 15) is 4.79 Å².